The van der Waals surface area contributed by atoms with Gasteiger partial charge >= 0.3 is 0 Å². The highest BCUT2D eigenvalue weighted by atomic mass is 32.2. The summed E-state index contributed by atoms with van der Waals surface area (Å²) in [5.41, 5.74) is -0.671. The fourth-order valence-electron chi connectivity index (χ4n) is 2.77. The Bertz CT molecular complexity index is 492. The van der Waals surface area contributed by atoms with Crippen LogP contribution in [0.1, 0.15) is 13.8 Å². The first-order valence-electron chi connectivity index (χ1n) is 7.29. The van der Waals surface area contributed by atoms with Crippen molar-refractivity contribution in [3.05, 3.63) is 0 Å². The molecule has 0 bridgehead atoms. The molecule has 2 saturated heterocycles. The molecular formula is C13H25N3O4S. The third-order valence-electron chi connectivity index (χ3n) is 4.49. The summed E-state index contributed by atoms with van der Waals surface area (Å²) >= 11 is 0. The Labute approximate surface area is 126 Å². The average molecular weight is 319 g/mol. The molecule has 0 atom stereocenters. The molecule has 8 heteroatoms. The zero-order chi connectivity index (χ0) is 15.8. The van der Waals surface area contributed by atoms with Crippen LogP contribution < -0.4 is 0 Å². The van der Waals surface area contributed by atoms with Crippen molar-refractivity contribution < 1.29 is 18.3 Å². The van der Waals surface area contributed by atoms with Gasteiger partial charge in [-0.15, -0.1) is 0 Å². The average Bonchev–Trinajstić information content (AvgIpc) is 2.35. The first kappa shape index (κ1) is 16.7. The van der Waals surface area contributed by atoms with E-state index in [-0.39, 0.29) is 11.8 Å². The van der Waals surface area contributed by atoms with Crippen molar-refractivity contribution in [3.63, 3.8) is 0 Å². The SMILES string of the molecule is CC(C)C1(O)CN(CC(=O)N2CCN(S(C)(=O)=O)CC2)C1. The van der Waals surface area contributed by atoms with Crippen LogP contribution in [0.5, 0.6) is 0 Å². The van der Waals surface area contributed by atoms with Crippen molar-refractivity contribution in [1.82, 2.24) is 14.1 Å². The van der Waals surface area contributed by atoms with Gasteiger partial charge in [0.2, 0.25) is 15.9 Å². The van der Waals surface area contributed by atoms with Gasteiger partial charge in [-0.1, -0.05) is 13.8 Å². The second kappa shape index (κ2) is 5.83. The minimum atomic E-state index is -3.16. The van der Waals surface area contributed by atoms with Crippen LogP contribution in [0.2, 0.25) is 0 Å². The quantitative estimate of drug-likeness (QED) is 0.703. The number of hydrogen-bond donors (Lipinski definition) is 1. The second-order valence-corrected chi connectivity index (χ2v) is 8.43. The molecule has 122 valence electrons. The van der Waals surface area contributed by atoms with Crippen LogP contribution in [0, 0.1) is 5.92 Å². The summed E-state index contributed by atoms with van der Waals surface area (Å²) in [6, 6.07) is 0. The van der Waals surface area contributed by atoms with Crippen LogP contribution in [0.3, 0.4) is 0 Å². The van der Waals surface area contributed by atoms with Gasteiger partial charge in [0.25, 0.3) is 0 Å². The molecule has 2 heterocycles. The summed E-state index contributed by atoms with van der Waals surface area (Å²) in [7, 11) is -3.16. The highest BCUT2D eigenvalue weighted by Gasteiger charge is 2.44. The van der Waals surface area contributed by atoms with Crippen LogP contribution in [0.15, 0.2) is 0 Å². The summed E-state index contributed by atoms with van der Waals surface area (Å²) in [5, 5.41) is 10.2. The Hall–Kier alpha value is -0.700. The van der Waals surface area contributed by atoms with Crippen LogP contribution in [0.25, 0.3) is 0 Å². The number of sulfonamides is 1. The molecule has 1 amide bonds. The lowest BCUT2D eigenvalue weighted by atomic mass is 9.83. The molecule has 1 N–H and O–H groups in total. The monoisotopic (exact) mass is 319 g/mol. The van der Waals surface area contributed by atoms with Crippen LogP contribution >= 0.6 is 0 Å². The third kappa shape index (κ3) is 3.74. The van der Waals surface area contributed by atoms with E-state index in [2.05, 4.69) is 0 Å². The number of carbonyl (C=O) groups is 1. The van der Waals surface area contributed by atoms with Gasteiger partial charge in [-0.05, 0) is 5.92 Å². The molecule has 0 aromatic carbocycles. The number of amides is 1. The van der Waals surface area contributed by atoms with Gasteiger partial charge in [-0.3, -0.25) is 9.69 Å². The zero-order valence-corrected chi connectivity index (χ0v) is 13.8. The molecule has 2 aliphatic rings. The first-order chi connectivity index (χ1) is 9.62. The van der Waals surface area contributed by atoms with Crippen molar-refractivity contribution in [2.75, 3.05) is 52.1 Å². The van der Waals surface area contributed by atoms with Gasteiger partial charge in [0.15, 0.2) is 0 Å². The Balaban J connectivity index is 1.77. The van der Waals surface area contributed by atoms with Gasteiger partial charge in [0.1, 0.15) is 0 Å². The molecule has 2 aliphatic heterocycles. The maximum Gasteiger partial charge on any atom is 0.236 e. The number of carbonyl (C=O) groups excluding carboxylic acids is 1. The Morgan fingerprint density at radius 1 is 1.19 bits per heavy atom. The van der Waals surface area contributed by atoms with E-state index < -0.39 is 15.6 Å². The normalized spacial score (nSPS) is 24.1. The molecule has 0 aliphatic carbocycles. The van der Waals surface area contributed by atoms with Crippen LogP contribution in [-0.4, -0.2) is 91.2 Å². The van der Waals surface area contributed by atoms with Crippen molar-refractivity contribution in [2.24, 2.45) is 5.92 Å². The van der Waals surface area contributed by atoms with Crippen molar-refractivity contribution >= 4 is 15.9 Å². The molecular weight excluding hydrogens is 294 g/mol. The van der Waals surface area contributed by atoms with E-state index in [4.69, 9.17) is 0 Å². The number of nitrogens with zero attached hydrogens (tertiary/aromatic N) is 3. The Morgan fingerprint density at radius 3 is 2.14 bits per heavy atom. The predicted molar refractivity (Wildman–Crippen MR) is 79.2 cm³/mol. The minimum absolute atomic E-state index is 0.00829. The number of hydrogen-bond acceptors (Lipinski definition) is 5. The smallest absolute Gasteiger partial charge is 0.236 e. The van der Waals surface area contributed by atoms with Crippen LogP contribution in [-0.2, 0) is 14.8 Å². The molecule has 0 radical (unpaired) electrons. The lowest BCUT2D eigenvalue weighted by molar-refractivity contribution is -0.150. The fraction of sp³-hybridized carbons (Fsp3) is 0.923. The summed E-state index contributed by atoms with van der Waals surface area (Å²) in [6.45, 7) is 6.91. The van der Waals surface area contributed by atoms with Crippen LogP contribution in [0.4, 0.5) is 0 Å². The van der Waals surface area contributed by atoms with Crippen molar-refractivity contribution in [2.45, 2.75) is 19.4 Å². The highest BCUT2D eigenvalue weighted by Crippen LogP contribution is 2.28. The minimum Gasteiger partial charge on any atom is -0.387 e. The zero-order valence-electron chi connectivity index (χ0n) is 12.9. The number of piperazine rings is 1. The molecule has 21 heavy (non-hydrogen) atoms. The molecule has 2 fully saturated rings. The van der Waals surface area contributed by atoms with E-state index in [1.54, 1.807) is 4.90 Å². The Morgan fingerprint density at radius 2 is 1.71 bits per heavy atom. The summed E-state index contributed by atoms with van der Waals surface area (Å²) < 4.78 is 24.2. The number of likely N-dealkylation sites (tertiary alicyclic amines) is 1. The molecule has 0 unspecified atom stereocenters. The molecule has 0 aromatic heterocycles. The van der Waals surface area contributed by atoms with E-state index in [9.17, 15) is 18.3 Å². The van der Waals surface area contributed by atoms with Gasteiger partial charge in [0.05, 0.1) is 18.4 Å². The van der Waals surface area contributed by atoms with Gasteiger partial charge in [-0.25, -0.2) is 8.42 Å². The van der Waals surface area contributed by atoms with Gasteiger partial charge in [0, 0.05) is 39.3 Å². The number of rotatable bonds is 4. The lowest BCUT2D eigenvalue weighted by Gasteiger charge is -2.49. The maximum atomic E-state index is 12.2. The topological polar surface area (TPSA) is 81.2 Å². The predicted octanol–water partition coefficient (Wildman–Crippen LogP) is -1.21. The van der Waals surface area contributed by atoms with E-state index in [1.807, 2.05) is 18.7 Å². The first-order valence-corrected chi connectivity index (χ1v) is 9.14. The highest BCUT2D eigenvalue weighted by molar-refractivity contribution is 7.88. The molecule has 0 aromatic rings. The summed E-state index contributed by atoms with van der Waals surface area (Å²) in [4.78, 5) is 15.8. The van der Waals surface area contributed by atoms with E-state index in [0.717, 1.165) is 0 Å². The van der Waals surface area contributed by atoms with Gasteiger partial charge in [-0.2, -0.15) is 4.31 Å². The molecule has 0 saturated carbocycles. The molecule has 7 nitrogen and oxygen atoms in total. The lowest BCUT2D eigenvalue weighted by Crippen LogP contribution is -2.66. The van der Waals surface area contributed by atoms with Crippen molar-refractivity contribution in [1.29, 1.82) is 0 Å². The molecule has 0 spiro atoms. The van der Waals surface area contributed by atoms with E-state index >= 15 is 0 Å². The number of aliphatic hydroxyl groups is 1. The summed E-state index contributed by atoms with van der Waals surface area (Å²) in [5.74, 6) is 0.191. The van der Waals surface area contributed by atoms with Crippen molar-refractivity contribution in [3.8, 4) is 0 Å². The fourth-order valence-corrected chi connectivity index (χ4v) is 3.59. The Kier molecular flexibility index (Phi) is 4.63. The molecule has 2 rings (SSSR count). The van der Waals surface area contributed by atoms with E-state index in [0.29, 0.717) is 45.8 Å². The third-order valence-corrected chi connectivity index (χ3v) is 5.79. The largest absolute Gasteiger partial charge is 0.387 e. The second-order valence-electron chi connectivity index (χ2n) is 6.45. The standard InChI is InChI=1S/C13H25N3O4S/c1-11(2)13(18)9-14(10-13)8-12(17)15-4-6-16(7-5-15)21(3,19)20/h11,18H,4-10H2,1-3H3. The maximum absolute atomic E-state index is 12.2. The summed E-state index contributed by atoms with van der Waals surface area (Å²) in [6.07, 6.45) is 1.19. The van der Waals surface area contributed by atoms with E-state index in [1.165, 1.54) is 10.6 Å². The van der Waals surface area contributed by atoms with Gasteiger partial charge < -0.3 is 10.0 Å². The number of β-amino-alcohol motifs (C(OH)–C–C–N with tert-alkyl or cyclic N) is 1.